The van der Waals surface area contributed by atoms with Crippen molar-refractivity contribution < 1.29 is 19.1 Å². The molecule has 132 valence electrons. The Morgan fingerprint density at radius 3 is 2.62 bits per heavy atom. The Morgan fingerprint density at radius 2 is 1.96 bits per heavy atom. The van der Waals surface area contributed by atoms with Gasteiger partial charge in [0.25, 0.3) is 0 Å². The fourth-order valence-electron chi connectivity index (χ4n) is 2.71. The van der Waals surface area contributed by atoms with Crippen LogP contribution in [0.1, 0.15) is 34.1 Å². The van der Waals surface area contributed by atoms with Crippen LogP contribution in [0.5, 0.6) is 0 Å². The number of rotatable bonds is 6. The van der Waals surface area contributed by atoms with E-state index in [0.717, 1.165) is 29.7 Å². The highest BCUT2D eigenvalue weighted by Crippen LogP contribution is 2.39. The lowest BCUT2D eigenvalue weighted by atomic mass is 9.88. The van der Waals surface area contributed by atoms with E-state index < -0.39 is 5.97 Å². The molecule has 1 aromatic heterocycles. The molecule has 3 N–H and O–H groups in total. The molecule has 0 radical (unpaired) electrons. The zero-order valence-electron chi connectivity index (χ0n) is 14.2. The second-order valence-electron chi connectivity index (χ2n) is 5.87. The van der Waals surface area contributed by atoms with E-state index >= 15 is 0 Å². The number of methoxy groups -OCH3 is 1. The maximum Gasteiger partial charge on any atom is 0.341 e. The molecule has 0 spiro atoms. The highest BCUT2D eigenvalue weighted by molar-refractivity contribution is 7.17. The van der Waals surface area contributed by atoms with Crippen molar-refractivity contribution in [3.63, 3.8) is 0 Å². The summed E-state index contributed by atoms with van der Waals surface area (Å²) in [6, 6.07) is 0. The Bertz CT molecular complexity index is 642. The Hall–Kier alpha value is -1.93. The van der Waals surface area contributed by atoms with Crippen LogP contribution in [-0.2, 0) is 27.2 Å². The molecule has 0 aromatic carbocycles. The smallest absolute Gasteiger partial charge is 0.341 e. The monoisotopic (exact) mass is 353 g/mol. The SMILES string of the molecule is CNC(=O)CNCC(=O)Nc1sc2c(c1C(=O)OC)CC[C@@H](C)C2. The molecule has 1 aromatic rings. The van der Waals surface area contributed by atoms with Gasteiger partial charge in [-0.25, -0.2) is 4.79 Å². The van der Waals surface area contributed by atoms with Gasteiger partial charge in [-0.15, -0.1) is 11.3 Å². The van der Waals surface area contributed by atoms with Crippen LogP contribution in [0.3, 0.4) is 0 Å². The van der Waals surface area contributed by atoms with Crippen molar-refractivity contribution in [2.24, 2.45) is 5.92 Å². The van der Waals surface area contributed by atoms with Crippen molar-refractivity contribution >= 4 is 34.1 Å². The van der Waals surface area contributed by atoms with E-state index in [2.05, 4.69) is 22.9 Å². The van der Waals surface area contributed by atoms with E-state index in [1.165, 1.54) is 25.5 Å². The molecule has 1 atom stereocenters. The maximum atomic E-state index is 12.1. The molecule has 2 amide bonds. The molecular weight excluding hydrogens is 330 g/mol. The standard InChI is InChI=1S/C16H23N3O4S/c1-9-4-5-10-11(6-9)24-15(14(10)16(22)23-3)19-13(21)8-18-7-12(20)17-2/h9,18H,4-8H2,1-3H3,(H,17,20)(H,19,21)/t9-/m1/s1. The third-order valence-electron chi connectivity index (χ3n) is 4.00. The van der Waals surface area contributed by atoms with Crippen LogP contribution in [0, 0.1) is 5.92 Å². The van der Waals surface area contributed by atoms with Crippen molar-refractivity contribution in [3.05, 3.63) is 16.0 Å². The summed E-state index contributed by atoms with van der Waals surface area (Å²) in [5.41, 5.74) is 1.47. The van der Waals surface area contributed by atoms with Gasteiger partial charge in [0.05, 0.1) is 25.8 Å². The van der Waals surface area contributed by atoms with E-state index in [-0.39, 0.29) is 24.9 Å². The van der Waals surface area contributed by atoms with Crippen LogP contribution in [0.25, 0.3) is 0 Å². The number of ether oxygens (including phenoxy) is 1. The summed E-state index contributed by atoms with van der Waals surface area (Å²) in [6.07, 6.45) is 2.76. The van der Waals surface area contributed by atoms with Gasteiger partial charge in [0.15, 0.2) is 0 Å². The molecule has 0 saturated carbocycles. The number of anilines is 1. The molecule has 1 aliphatic carbocycles. The lowest BCUT2D eigenvalue weighted by Crippen LogP contribution is -2.36. The van der Waals surface area contributed by atoms with Gasteiger partial charge in [-0.2, -0.15) is 0 Å². The summed E-state index contributed by atoms with van der Waals surface area (Å²) in [7, 11) is 2.87. The second-order valence-corrected chi connectivity index (χ2v) is 6.98. The molecule has 0 unspecified atom stereocenters. The average Bonchev–Trinajstić information content (AvgIpc) is 2.90. The molecule has 0 aliphatic heterocycles. The first-order valence-electron chi connectivity index (χ1n) is 7.90. The number of carbonyl (C=O) groups is 3. The van der Waals surface area contributed by atoms with Crippen molar-refractivity contribution in [3.8, 4) is 0 Å². The molecule has 8 heteroatoms. The zero-order valence-corrected chi connectivity index (χ0v) is 15.0. The largest absolute Gasteiger partial charge is 0.465 e. The predicted molar refractivity (Wildman–Crippen MR) is 92.4 cm³/mol. The highest BCUT2D eigenvalue weighted by atomic mass is 32.1. The van der Waals surface area contributed by atoms with E-state index in [9.17, 15) is 14.4 Å². The molecule has 1 heterocycles. The van der Waals surface area contributed by atoms with Crippen LogP contribution >= 0.6 is 11.3 Å². The number of fused-ring (bicyclic) bond motifs is 1. The first-order chi connectivity index (χ1) is 11.5. The van der Waals surface area contributed by atoms with Gasteiger partial charge in [0.1, 0.15) is 5.00 Å². The molecule has 0 bridgehead atoms. The molecule has 24 heavy (non-hydrogen) atoms. The number of nitrogens with one attached hydrogen (secondary N) is 3. The number of hydrogen-bond acceptors (Lipinski definition) is 6. The van der Waals surface area contributed by atoms with Crippen molar-refractivity contribution in [2.45, 2.75) is 26.2 Å². The van der Waals surface area contributed by atoms with Gasteiger partial charge in [-0.3, -0.25) is 14.9 Å². The van der Waals surface area contributed by atoms with Crippen LogP contribution in [0.2, 0.25) is 0 Å². The summed E-state index contributed by atoms with van der Waals surface area (Å²) in [6.45, 7) is 2.24. The number of likely N-dealkylation sites (N-methyl/N-ethyl adjacent to an activating group) is 1. The third-order valence-corrected chi connectivity index (χ3v) is 5.17. The average molecular weight is 353 g/mol. The van der Waals surface area contributed by atoms with E-state index in [0.29, 0.717) is 16.5 Å². The van der Waals surface area contributed by atoms with E-state index in [4.69, 9.17) is 4.74 Å². The van der Waals surface area contributed by atoms with Gasteiger partial charge in [-0.1, -0.05) is 6.92 Å². The fraction of sp³-hybridized carbons (Fsp3) is 0.562. The number of esters is 1. The van der Waals surface area contributed by atoms with Gasteiger partial charge in [0, 0.05) is 11.9 Å². The molecule has 7 nitrogen and oxygen atoms in total. The molecule has 0 fully saturated rings. The number of amides is 2. The quantitative estimate of drug-likeness (QED) is 0.661. The summed E-state index contributed by atoms with van der Waals surface area (Å²) in [4.78, 5) is 36.5. The van der Waals surface area contributed by atoms with Crippen molar-refractivity contribution in [1.29, 1.82) is 0 Å². The molecule has 2 rings (SSSR count). The van der Waals surface area contributed by atoms with E-state index in [1.807, 2.05) is 0 Å². The topological polar surface area (TPSA) is 96.5 Å². The Morgan fingerprint density at radius 1 is 1.25 bits per heavy atom. The number of thiophene rings is 1. The van der Waals surface area contributed by atoms with Crippen LogP contribution in [-0.4, -0.2) is 45.0 Å². The van der Waals surface area contributed by atoms with E-state index in [1.54, 1.807) is 0 Å². The minimum absolute atomic E-state index is 0.00694. The maximum absolute atomic E-state index is 12.1. The molecule has 1 aliphatic rings. The lowest BCUT2D eigenvalue weighted by molar-refractivity contribution is -0.120. The number of hydrogen-bond donors (Lipinski definition) is 3. The van der Waals surface area contributed by atoms with Gasteiger partial charge < -0.3 is 15.4 Å². The second kappa shape index (κ2) is 8.25. The summed E-state index contributed by atoms with van der Waals surface area (Å²) >= 11 is 1.44. The zero-order chi connectivity index (χ0) is 17.7. The van der Waals surface area contributed by atoms with Crippen molar-refractivity contribution in [1.82, 2.24) is 10.6 Å². The molecular formula is C16H23N3O4S. The first kappa shape index (κ1) is 18.4. The Labute approximate surface area is 145 Å². The van der Waals surface area contributed by atoms with Crippen molar-refractivity contribution in [2.75, 3.05) is 32.6 Å². The Balaban J connectivity index is 2.10. The summed E-state index contributed by atoms with van der Waals surface area (Å²) in [5.74, 6) is -0.343. The molecule has 0 saturated heterocycles. The fourth-order valence-corrected chi connectivity index (χ4v) is 4.12. The van der Waals surface area contributed by atoms with Crippen LogP contribution < -0.4 is 16.0 Å². The van der Waals surface area contributed by atoms with Crippen LogP contribution in [0.15, 0.2) is 0 Å². The first-order valence-corrected chi connectivity index (χ1v) is 8.71. The summed E-state index contributed by atoms with van der Waals surface area (Å²) < 4.78 is 4.88. The minimum atomic E-state index is -0.421. The summed E-state index contributed by atoms with van der Waals surface area (Å²) in [5, 5.41) is 8.53. The third kappa shape index (κ3) is 4.33. The number of carbonyl (C=O) groups excluding carboxylic acids is 3. The predicted octanol–water partition coefficient (Wildman–Crippen LogP) is 0.934. The Kier molecular flexibility index (Phi) is 6.33. The van der Waals surface area contributed by atoms with Gasteiger partial charge >= 0.3 is 5.97 Å². The van der Waals surface area contributed by atoms with Gasteiger partial charge in [0.2, 0.25) is 11.8 Å². The minimum Gasteiger partial charge on any atom is -0.465 e. The highest BCUT2D eigenvalue weighted by Gasteiger charge is 2.28. The normalized spacial score (nSPS) is 16.2. The van der Waals surface area contributed by atoms with Gasteiger partial charge in [-0.05, 0) is 30.7 Å². The van der Waals surface area contributed by atoms with Crippen LogP contribution in [0.4, 0.5) is 5.00 Å². The lowest BCUT2D eigenvalue weighted by Gasteiger charge is -2.18.